The van der Waals surface area contributed by atoms with Crippen LogP contribution in [0.15, 0.2) is 30.3 Å². The topological polar surface area (TPSA) is 116 Å². The first-order chi connectivity index (χ1) is 11.9. The molecule has 8 heteroatoms. The number of hydrogen-bond acceptors (Lipinski definition) is 5. The van der Waals surface area contributed by atoms with E-state index in [2.05, 4.69) is 5.10 Å². The number of carbonyl (C=O) groups excluding carboxylic acids is 2. The highest BCUT2D eigenvalue weighted by Crippen LogP contribution is 2.17. The van der Waals surface area contributed by atoms with Crippen molar-refractivity contribution in [2.24, 2.45) is 5.73 Å². The van der Waals surface area contributed by atoms with E-state index in [1.54, 1.807) is 11.7 Å². The summed E-state index contributed by atoms with van der Waals surface area (Å²) < 4.78 is 6.87. The Morgan fingerprint density at radius 2 is 1.96 bits per heavy atom. The molecule has 1 aromatic carbocycles. The molecule has 0 atom stereocenters. The van der Waals surface area contributed by atoms with E-state index in [0.717, 1.165) is 11.3 Å². The third-order valence-corrected chi connectivity index (χ3v) is 3.83. The second-order valence-electron chi connectivity index (χ2n) is 5.61. The van der Waals surface area contributed by atoms with E-state index in [9.17, 15) is 9.59 Å². The lowest BCUT2D eigenvalue weighted by Gasteiger charge is -2.17. The van der Waals surface area contributed by atoms with Crippen molar-refractivity contribution in [3.63, 3.8) is 0 Å². The molecule has 25 heavy (non-hydrogen) atoms. The van der Waals surface area contributed by atoms with Crippen LogP contribution in [0, 0.1) is 0 Å². The van der Waals surface area contributed by atoms with E-state index in [0.29, 0.717) is 25.2 Å². The molecule has 0 aliphatic heterocycles. The van der Waals surface area contributed by atoms with Crippen molar-refractivity contribution in [1.29, 1.82) is 0 Å². The summed E-state index contributed by atoms with van der Waals surface area (Å²) in [6.45, 7) is 2.87. The number of ether oxygens (including phenoxy) is 1. The molecule has 0 radical (unpaired) electrons. The second kappa shape index (κ2) is 8.18. The van der Waals surface area contributed by atoms with Crippen LogP contribution in [0.3, 0.4) is 0 Å². The van der Waals surface area contributed by atoms with Crippen molar-refractivity contribution in [3.8, 4) is 0 Å². The first kappa shape index (κ1) is 18.3. The number of aromatic nitrogens is 2. The zero-order chi connectivity index (χ0) is 18.4. The Bertz CT molecular complexity index is 742. The highest BCUT2D eigenvalue weighted by Gasteiger charge is 2.18. The Hall–Kier alpha value is -3.03. The van der Waals surface area contributed by atoms with Gasteiger partial charge in [0.05, 0.1) is 17.9 Å². The number of nitrogens with zero attached hydrogens (tertiary/aromatic N) is 3. The number of likely N-dealkylation sites (N-methyl/N-ethyl adjacent to an activating group) is 1. The van der Waals surface area contributed by atoms with Gasteiger partial charge in [-0.2, -0.15) is 5.10 Å². The molecule has 0 saturated carbocycles. The van der Waals surface area contributed by atoms with Gasteiger partial charge in [-0.3, -0.25) is 9.48 Å². The van der Waals surface area contributed by atoms with E-state index in [1.807, 2.05) is 37.3 Å². The van der Waals surface area contributed by atoms with Crippen molar-refractivity contribution in [2.75, 3.05) is 19.3 Å². The van der Waals surface area contributed by atoms with Crippen LogP contribution in [-0.4, -0.2) is 40.3 Å². The number of amides is 2. The van der Waals surface area contributed by atoms with E-state index in [1.165, 1.54) is 4.90 Å². The zero-order valence-electron chi connectivity index (χ0n) is 14.4. The monoisotopic (exact) mass is 345 g/mol. The van der Waals surface area contributed by atoms with Gasteiger partial charge in [0.15, 0.2) is 5.69 Å². The van der Waals surface area contributed by atoms with Crippen LogP contribution < -0.4 is 11.5 Å². The number of nitrogen functional groups attached to an aromatic ring is 1. The fraction of sp³-hybridized carbons (Fsp3) is 0.353. The minimum atomic E-state index is -0.665. The Balaban J connectivity index is 1.93. The molecule has 1 aromatic heterocycles. The number of nitrogens with two attached hydrogens (primary N) is 2. The highest BCUT2D eigenvalue weighted by atomic mass is 16.6. The van der Waals surface area contributed by atoms with Gasteiger partial charge in [-0.1, -0.05) is 37.3 Å². The Kier molecular flexibility index (Phi) is 5.99. The Labute approximate surface area is 146 Å². The summed E-state index contributed by atoms with van der Waals surface area (Å²) in [7, 11) is 1.64. The summed E-state index contributed by atoms with van der Waals surface area (Å²) in [5, 5.41) is 4.14. The predicted octanol–water partition coefficient (Wildman–Crippen LogP) is 1.40. The number of benzene rings is 1. The van der Waals surface area contributed by atoms with Gasteiger partial charge >= 0.3 is 6.09 Å². The quantitative estimate of drug-likeness (QED) is 0.786. The lowest BCUT2D eigenvalue weighted by atomic mass is 10.2. The third-order valence-electron chi connectivity index (χ3n) is 3.83. The largest absolute Gasteiger partial charge is 0.445 e. The number of hydrogen-bond donors (Lipinski definition) is 2. The summed E-state index contributed by atoms with van der Waals surface area (Å²) >= 11 is 0. The van der Waals surface area contributed by atoms with Crippen LogP contribution >= 0.6 is 0 Å². The van der Waals surface area contributed by atoms with E-state index in [-0.39, 0.29) is 12.3 Å². The zero-order valence-corrected chi connectivity index (χ0v) is 14.4. The molecular weight excluding hydrogens is 322 g/mol. The van der Waals surface area contributed by atoms with Crippen LogP contribution in [0.2, 0.25) is 0 Å². The average molecular weight is 345 g/mol. The second-order valence-corrected chi connectivity index (χ2v) is 5.61. The van der Waals surface area contributed by atoms with Crippen LogP contribution in [0.4, 0.5) is 10.5 Å². The van der Waals surface area contributed by atoms with E-state index >= 15 is 0 Å². The summed E-state index contributed by atoms with van der Waals surface area (Å²) in [6, 6.07) is 9.45. The van der Waals surface area contributed by atoms with Gasteiger partial charge in [0.2, 0.25) is 0 Å². The van der Waals surface area contributed by atoms with Crippen LogP contribution in [0.5, 0.6) is 0 Å². The predicted molar refractivity (Wildman–Crippen MR) is 93.8 cm³/mol. The molecule has 1 heterocycles. The molecule has 0 aliphatic rings. The standard InChI is InChI=1S/C17H23N5O3/c1-3-13-14(18)15(16(19)23)20-22(13)10-9-21(2)17(24)25-11-12-7-5-4-6-8-12/h4-8H,3,9-11,18H2,1-2H3,(H2,19,23). The molecule has 0 bridgehead atoms. The molecule has 4 N–H and O–H groups in total. The molecule has 8 nitrogen and oxygen atoms in total. The van der Waals surface area contributed by atoms with E-state index < -0.39 is 12.0 Å². The lowest BCUT2D eigenvalue weighted by molar-refractivity contribution is 0.0989. The lowest BCUT2D eigenvalue weighted by Crippen LogP contribution is -2.31. The fourth-order valence-corrected chi connectivity index (χ4v) is 2.42. The first-order valence-electron chi connectivity index (χ1n) is 8.00. The van der Waals surface area contributed by atoms with Gasteiger partial charge in [-0.15, -0.1) is 0 Å². The maximum atomic E-state index is 12.0. The molecular formula is C17H23N5O3. The van der Waals surface area contributed by atoms with Gasteiger partial charge in [0, 0.05) is 13.6 Å². The Morgan fingerprint density at radius 3 is 2.56 bits per heavy atom. The molecule has 0 unspecified atom stereocenters. The number of primary amides is 1. The average Bonchev–Trinajstić information content (AvgIpc) is 2.94. The molecule has 2 rings (SSSR count). The molecule has 0 fully saturated rings. The van der Waals surface area contributed by atoms with Gasteiger partial charge in [-0.05, 0) is 12.0 Å². The number of rotatable bonds is 7. The van der Waals surface area contributed by atoms with Crippen LogP contribution in [-0.2, 0) is 24.3 Å². The van der Waals surface area contributed by atoms with Crippen LogP contribution in [0.1, 0.15) is 28.7 Å². The molecule has 0 aliphatic carbocycles. The van der Waals surface area contributed by atoms with Crippen molar-refractivity contribution in [1.82, 2.24) is 14.7 Å². The van der Waals surface area contributed by atoms with Crippen molar-refractivity contribution >= 4 is 17.7 Å². The van der Waals surface area contributed by atoms with Gasteiger partial charge in [0.1, 0.15) is 6.61 Å². The highest BCUT2D eigenvalue weighted by molar-refractivity contribution is 5.96. The minimum absolute atomic E-state index is 0.0613. The summed E-state index contributed by atoms with van der Waals surface area (Å²) in [5.41, 5.74) is 13.2. The summed E-state index contributed by atoms with van der Waals surface area (Å²) in [6.07, 6.45) is 0.172. The maximum Gasteiger partial charge on any atom is 0.409 e. The first-order valence-corrected chi connectivity index (χ1v) is 8.00. The normalized spacial score (nSPS) is 10.5. The van der Waals surface area contributed by atoms with Gasteiger partial charge < -0.3 is 21.1 Å². The molecule has 2 amide bonds. The molecule has 0 saturated heterocycles. The van der Waals surface area contributed by atoms with Crippen molar-refractivity contribution in [3.05, 3.63) is 47.3 Å². The molecule has 134 valence electrons. The Morgan fingerprint density at radius 1 is 1.28 bits per heavy atom. The van der Waals surface area contributed by atoms with Crippen molar-refractivity contribution < 1.29 is 14.3 Å². The minimum Gasteiger partial charge on any atom is -0.445 e. The van der Waals surface area contributed by atoms with Gasteiger partial charge in [0.25, 0.3) is 5.91 Å². The van der Waals surface area contributed by atoms with E-state index in [4.69, 9.17) is 16.2 Å². The van der Waals surface area contributed by atoms with Crippen molar-refractivity contribution in [2.45, 2.75) is 26.5 Å². The third kappa shape index (κ3) is 4.50. The SMILES string of the molecule is CCc1c(N)c(C(N)=O)nn1CCN(C)C(=O)OCc1ccccc1. The number of anilines is 1. The smallest absolute Gasteiger partial charge is 0.409 e. The molecule has 2 aromatic rings. The number of carbonyl (C=O) groups is 2. The summed E-state index contributed by atoms with van der Waals surface area (Å²) in [5.74, 6) is -0.665. The molecule has 0 spiro atoms. The van der Waals surface area contributed by atoms with Crippen LogP contribution in [0.25, 0.3) is 0 Å². The summed E-state index contributed by atoms with van der Waals surface area (Å²) in [4.78, 5) is 24.8. The maximum absolute atomic E-state index is 12.0. The fourth-order valence-electron chi connectivity index (χ4n) is 2.42. The van der Waals surface area contributed by atoms with Gasteiger partial charge in [-0.25, -0.2) is 4.79 Å².